The van der Waals surface area contributed by atoms with Crippen LogP contribution in [-0.2, 0) is 4.79 Å². The molecule has 0 heterocycles. The molecule has 0 aliphatic heterocycles. The Bertz CT molecular complexity index is 1360. The number of phenols is 1. The van der Waals surface area contributed by atoms with Gasteiger partial charge in [0, 0.05) is 37.5 Å². The average molecular weight is 725 g/mol. The Morgan fingerprint density at radius 1 is 1.00 bits per heavy atom. The number of amides is 2. The summed E-state index contributed by atoms with van der Waals surface area (Å²) < 4.78 is 1.27. The molecule has 0 atom stereocenters. The minimum atomic E-state index is -0.675. The van der Waals surface area contributed by atoms with Gasteiger partial charge in [0.25, 0.3) is 17.5 Å². The number of anilines is 1. The number of benzene rings is 3. The van der Waals surface area contributed by atoms with E-state index in [0.717, 1.165) is 5.69 Å². The summed E-state index contributed by atoms with van der Waals surface area (Å²) in [6, 6.07) is 15.8. The summed E-state index contributed by atoms with van der Waals surface area (Å²) in [5.41, 5.74) is 4.59. The van der Waals surface area contributed by atoms with E-state index in [4.69, 9.17) is 0 Å². The molecule has 0 unspecified atom stereocenters. The molecule has 0 fully saturated rings. The van der Waals surface area contributed by atoms with Gasteiger partial charge >= 0.3 is 0 Å². The number of hydrogen-bond acceptors (Lipinski definition) is 7. The highest BCUT2D eigenvalue weighted by Crippen LogP contribution is 2.26. The molecule has 10 nitrogen and oxygen atoms in total. The number of carbonyl (C=O) groups excluding carboxylic acids is 2. The second kappa shape index (κ2) is 12.6. The normalized spacial score (nSPS) is 11.3. The Kier molecular flexibility index (Phi) is 9.57. The van der Waals surface area contributed by atoms with Crippen molar-refractivity contribution >= 4 is 80.7 Å². The van der Waals surface area contributed by atoms with Gasteiger partial charge in [-0.2, -0.15) is 5.10 Å². The predicted octanol–water partition coefficient (Wildman–Crippen LogP) is 4.50. The minimum absolute atomic E-state index is 0.0760. The molecule has 0 spiro atoms. The quantitative estimate of drug-likeness (QED) is 0.103. The van der Waals surface area contributed by atoms with Crippen LogP contribution in [0.25, 0.3) is 6.08 Å². The van der Waals surface area contributed by atoms with E-state index in [0.29, 0.717) is 18.3 Å². The van der Waals surface area contributed by atoms with Crippen molar-refractivity contribution in [3.8, 4) is 5.75 Å². The third kappa shape index (κ3) is 7.72. The fraction of sp³-hybridized carbons (Fsp3) is 0.0800. The molecule has 0 aromatic heterocycles. The number of hydrogen-bond donors (Lipinski definition) is 3. The molecule has 2 amide bonds. The topological polar surface area (TPSA) is 137 Å². The first-order chi connectivity index (χ1) is 17.5. The van der Waals surface area contributed by atoms with Crippen LogP contribution in [0.5, 0.6) is 5.75 Å². The van der Waals surface area contributed by atoms with E-state index in [1.807, 2.05) is 76.3 Å². The maximum absolute atomic E-state index is 13.0. The molecule has 0 saturated carbocycles. The molecule has 0 aliphatic rings. The molecule has 0 saturated heterocycles. The lowest BCUT2D eigenvalue weighted by Crippen LogP contribution is -2.32. The molecule has 37 heavy (non-hydrogen) atoms. The van der Waals surface area contributed by atoms with Crippen LogP contribution < -0.4 is 15.6 Å². The molecule has 190 valence electrons. The summed E-state index contributed by atoms with van der Waals surface area (Å²) in [5, 5.41) is 27.3. The highest BCUT2D eigenvalue weighted by Gasteiger charge is 2.16. The lowest BCUT2D eigenvalue weighted by molar-refractivity contribution is -0.384. The number of nitrogens with one attached hydrogen (secondary N) is 2. The summed E-state index contributed by atoms with van der Waals surface area (Å²) >= 11 is 3.99. The lowest BCUT2D eigenvalue weighted by Gasteiger charge is -2.12. The van der Waals surface area contributed by atoms with E-state index in [-0.39, 0.29) is 22.7 Å². The summed E-state index contributed by atoms with van der Waals surface area (Å²) in [7, 11) is 3.81. The van der Waals surface area contributed by atoms with E-state index in [2.05, 4.69) is 15.8 Å². The standard InChI is InChI=1S/C25H21I2N5O5/c1-31(2)18-7-3-15(4-8-18)13-22(29-24(34)17-5-9-19(10-6-17)32(36)37)25(35)30-28-14-16-11-20(26)23(33)21(27)12-16/h3-14,33H,1-2H3,(H,29,34)(H,30,35)/b22-13-,28-14+. The fourth-order valence-electron chi connectivity index (χ4n) is 3.01. The first kappa shape index (κ1) is 28.0. The van der Waals surface area contributed by atoms with E-state index >= 15 is 0 Å². The highest BCUT2D eigenvalue weighted by atomic mass is 127. The molecule has 3 aromatic rings. The minimum Gasteiger partial charge on any atom is -0.506 e. The van der Waals surface area contributed by atoms with Crippen molar-refractivity contribution in [2.75, 3.05) is 19.0 Å². The smallest absolute Gasteiger partial charge is 0.287 e. The van der Waals surface area contributed by atoms with E-state index < -0.39 is 16.7 Å². The summed E-state index contributed by atoms with van der Waals surface area (Å²) in [4.78, 5) is 38.0. The Morgan fingerprint density at radius 2 is 1.59 bits per heavy atom. The Morgan fingerprint density at radius 3 is 2.14 bits per heavy atom. The van der Waals surface area contributed by atoms with Gasteiger partial charge in [-0.15, -0.1) is 0 Å². The van der Waals surface area contributed by atoms with Crippen LogP contribution in [0.2, 0.25) is 0 Å². The molecule has 0 bridgehead atoms. The van der Waals surface area contributed by atoms with Gasteiger partial charge in [0.1, 0.15) is 11.4 Å². The van der Waals surface area contributed by atoms with Crippen LogP contribution in [0.15, 0.2) is 71.5 Å². The number of carbonyl (C=O) groups is 2. The monoisotopic (exact) mass is 725 g/mol. The van der Waals surface area contributed by atoms with Gasteiger partial charge in [0.2, 0.25) is 0 Å². The predicted molar refractivity (Wildman–Crippen MR) is 159 cm³/mol. The van der Waals surface area contributed by atoms with E-state index in [1.54, 1.807) is 24.3 Å². The molecular formula is C25H21I2N5O5. The SMILES string of the molecule is CN(C)c1ccc(/C=C(\NC(=O)c2ccc([N+](=O)[O-])cc2)C(=O)N/N=C/c2cc(I)c(O)c(I)c2)cc1. The fourth-order valence-corrected chi connectivity index (χ4v) is 4.82. The second-order valence-corrected chi connectivity index (χ2v) is 10.2. The zero-order chi connectivity index (χ0) is 27.1. The van der Waals surface area contributed by atoms with Gasteiger partial charge in [-0.25, -0.2) is 5.43 Å². The van der Waals surface area contributed by atoms with Crippen LogP contribution in [0.1, 0.15) is 21.5 Å². The highest BCUT2D eigenvalue weighted by molar-refractivity contribution is 14.1. The lowest BCUT2D eigenvalue weighted by atomic mass is 10.1. The van der Waals surface area contributed by atoms with Crippen molar-refractivity contribution in [1.82, 2.24) is 10.7 Å². The number of nitrogens with zero attached hydrogens (tertiary/aromatic N) is 3. The Hall–Kier alpha value is -3.53. The van der Waals surface area contributed by atoms with Gasteiger partial charge in [0.05, 0.1) is 18.3 Å². The first-order valence-corrected chi connectivity index (χ1v) is 12.8. The Balaban J connectivity index is 1.84. The van der Waals surface area contributed by atoms with Gasteiger partial charge in [0.15, 0.2) is 0 Å². The average Bonchev–Trinajstić information content (AvgIpc) is 2.87. The number of halogens is 2. The third-order valence-corrected chi connectivity index (χ3v) is 6.62. The number of nitro benzene ring substituents is 1. The molecule has 3 rings (SSSR count). The molecule has 0 aliphatic carbocycles. The Labute approximate surface area is 239 Å². The number of nitro groups is 1. The summed E-state index contributed by atoms with van der Waals surface area (Å²) in [6.07, 6.45) is 2.92. The maximum atomic E-state index is 13.0. The van der Waals surface area contributed by atoms with Gasteiger partial charge in [-0.1, -0.05) is 12.1 Å². The van der Waals surface area contributed by atoms with Gasteiger partial charge in [-0.05, 0) is 98.8 Å². The number of non-ortho nitro benzene ring substituents is 1. The molecule has 3 N–H and O–H groups in total. The van der Waals surface area contributed by atoms with Crippen LogP contribution in [0.3, 0.4) is 0 Å². The second-order valence-electron chi connectivity index (χ2n) is 7.83. The first-order valence-electron chi connectivity index (χ1n) is 10.6. The number of rotatable bonds is 8. The molecule has 0 radical (unpaired) electrons. The third-order valence-electron chi connectivity index (χ3n) is 4.97. The van der Waals surface area contributed by atoms with E-state index in [9.17, 15) is 24.8 Å². The van der Waals surface area contributed by atoms with E-state index in [1.165, 1.54) is 36.6 Å². The van der Waals surface area contributed by atoms with Crippen LogP contribution in [0.4, 0.5) is 11.4 Å². The number of aromatic hydroxyl groups is 1. The van der Waals surface area contributed by atoms with Crippen molar-refractivity contribution in [1.29, 1.82) is 0 Å². The molecule has 12 heteroatoms. The molecular weight excluding hydrogens is 704 g/mol. The van der Waals surface area contributed by atoms with Crippen LogP contribution in [-0.4, -0.2) is 42.2 Å². The van der Waals surface area contributed by atoms with Gasteiger partial charge in [-0.3, -0.25) is 19.7 Å². The number of phenolic OH excluding ortho intramolecular Hbond substituents is 1. The zero-order valence-electron chi connectivity index (χ0n) is 19.6. The molecule has 3 aromatic carbocycles. The number of hydrazone groups is 1. The van der Waals surface area contributed by atoms with Crippen molar-refractivity contribution < 1.29 is 19.6 Å². The zero-order valence-corrected chi connectivity index (χ0v) is 23.9. The van der Waals surface area contributed by atoms with Crippen molar-refractivity contribution in [3.63, 3.8) is 0 Å². The maximum Gasteiger partial charge on any atom is 0.287 e. The van der Waals surface area contributed by atoms with Crippen molar-refractivity contribution in [2.24, 2.45) is 5.10 Å². The largest absolute Gasteiger partial charge is 0.506 e. The van der Waals surface area contributed by atoms with Gasteiger partial charge < -0.3 is 15.3 Å². The van der Waals surface area contributed by atoms with Crippen LogP contribution >= 0.6 is 45.2 Å². The van der Waals surface area contributed by atoms with Crippen molar-refractivity contribution in [3.05, 3.63) is 100 Å². The summed E-state index contributed by atoms with van der Waals surface area (Å²) in [6.45, 7) is 0. The summed E-state index contributed by atoms with van der Waals surface area (Å²) in [5.74, 6) is -1.12. The van der Waals surface area contributed by atoms with Crippen LogP contribution in [0, 0.1) is 17.3 Å². The van der Waals surface area contributed by atoms with Crippen molar-refractivity contribution in [2.45, 2.75) is 0 Å².